The number of nitrogens with zero attached hydrogens (tertiary/aromatic N) is 1. The van der Waals surface area contributed by atoms with Crippen LogP contribution in [0.15, 0.2) is 0 Å². The minimum atomic E-state index is -1.32. The standard InChI is InChI=1S/C14H23N3O8/c1-14(2,3)25-12(22)16-6-10(19)15-5-9(18)7-17(8-11(20)21)13(23)24-4/h5-8H2,1-4H3,(H,15,19)(H,16,22)(H,20,21). The number of alkyl carbamates (subject to hydrolysis) is 1. The quantitative estimate of drug-likeness (QED) is 0.516. The van der Waals surface area contributed by atoms with Gasteiger partial charge in [0.25, 0.3) is 0 Å². The molecular formula is C14H23N3O8. The highest BCUT2D eigenvalue weighted by molar-refractivity contribution is 5.91. The first kappa shape index (κ1) is 22.1. The Hall–Kier alpha value is -2.85. The molecule has 11 heteroatoms. The lowest BCUT2D eigenvalue weighted by Gasteiger charge is -2.19. The molecule has 0 aliphatic rings. The highest BCUT2D eigenvalue weighted by Crippen LogP contribution is 2.05. The average molecular weight is 361 g/mol. The number of amides is 3. The van der Waals surface area contributed by atoms with Crippen molar-refractivity contribution >= 4 is 29.8 Å². The predicted molar refractivity (Wildman–Crippen MR) is 83.9 cm³/mol. The molecule has 11 nitrogen and oxygen atoms in total. The van der Waals surface area contributed by atoms with Gasteiger partial charge in [0.1, 0.15) is 18.7 Å². The molecule has 0 fully saturated rings. The summed E-state index contributed by atoms with van der Waals surface area (Å²) in [4.78, 5) is 57.3. The van der Waals surface area contributed by atoms with Crippen LogP contribution in [0.2, 0.25) is 0 Å². The van der Waals surface area contributed by atoms with Crippen LogP contribution in [0.3, 0.4) is 0 Å². The zero-order valence-corrected chi connectivity index (χ0v) is 14.6. The molecule has 0 radical (unpaired) electrons. The zero-order chi connectivity index (χ0) is 19.6. The van der Waals surface area contributed by atoms with Gasteiger partial charge in [-0.15, -0.1) is 0 Å². The maximum Gasteiger partial charge on any atom is 0.410 e. The van der Waals surface area contributed by atoms with E-state index in [1.807, 2.05) is 0 Å². The van der Waals surface area contributed by atoms with Crippen molar-refractivity contribution in [2.45, 2.75) is 26.4 Å². The maximum atomic E-state index is 11.7. The highest BCUT2D eigenvalue weighted by Gasteiger charge is 2.21. The van der Waals surface area contributed by atoms with Crippen molar-refractivity contribution in [1.82, 2.24) is 15.5 Å². The van der Waals surface area contributed by atoms with Gasteiger partial charge in [0.2, 0.25) is 5.91 Å². The van der Waals surface area contributed by atoms with Crippen LogP contribution in [-0.4, -0.2) is 78.7 Å². The monoisotopic (exact) mass is 361 g/mol. The Bertz CT molecular complexity index is 527. The Morgan fingerprint density at radius 1 is 1.00 bits per heavy atom. The molecule has 0 aromatic heterocycles. The minimum Gasteiger partial charge on any atom is -0.480 e. The van der Waals surface area contributed by atoms with Gasteiger partial charge in [0.05, 0.1) is 20.2 Å². The number of carbonyl (C=O) groups excluding carboxylic acids is 4. The van der Waals surface area contributed by atoms with Gasteiger partial charge in [0, 0.05) is 0 Å². The zero-order valence-electron chi connectivity index (χ0n) is 14.6. The topological polar surface area (TPSA) is 151 Å². The summed E-state index contributed by atoms with van der Waals surface area (Å²) in [5, 5.41) is 13.1. The van der Waals surface area contributed by atoms with Crippen molar-refractivity contribution in [3.63, 3.8) is 0 Å². The number of hydrogen-bond acceptors (Lipinski definition) is 7. The van der Waals surface area contributed by atoms with Crippen molar-refractivity contribution in [2.24, 2.45) is 0 Å². The summed E-state index contributed by atoms with van der Waals surface area (Å²) >= 11 is 0. The van der Waals surface area contributed by atoms with Gasteiger partial charge in [-0.2, -0.15) is 0 Å². The number of rotatable bonds is 8. The van der Waals surface area contributed by atoms with Crippen molar-refractivity contribution in [2.75, 3.05) is 33.3 Å². The van der Waals surface area contributed by atoms with Crippen LogP contribution in [0.4, 0.5) is 9.59 Å². The number of carbonyl (C=O) groups is 5. The average Bonchev–Trinajstić information content (AvgIpc) is 2.47. The number of ketones is 1. The number of carboxylic acids is 1. The minimum absolute atomic E-state index is 0.405. The smallest absolute Gasteiger partial charge is 0.410 e. The Kier molecular flexibility index (Phi) is 8.95. The number of hydrogen-bond donors (Lipinski definition) is 3. The predicted octanol–water partition coefficient (Wildman–Crippen LogP) is -0.651. The molecule has 0 spiro atoms. The molecular weight excluding hydrogens is 338 g/mol. The molecule has 0 saturated carbocycles. The lowest BCUT2D eigenvalue weighted by molar-refractivity contribution is -0.138. The Balaban J connectivity index is 4.26. The van der Waals surface area contributed by atoms with Crippen molar-refractivity contribution in [1.29, 1.82) is 0 Å². The van der Waals surface area contributed by atoms with Gasteiger partial charge in [-0.05, 0) is 20.8 Å². The lowest BCUT2D eigenvalue weighted by atomic mass is 10.2. The number of aliphatic carboxylic acids is 1. The summed E-state index contributed by atoms with van der Waals surface area (Å²) in [5.41, 5.74) is -0.710. The summed E-state index contributed by atoms with van der Waals surface area (Å²) < 4.78 is 9.30. The third-order valence-electron chi connectivity index (χ3n) is 2.40. The number of methoxy groups -OCH3 is 1. The first-order chi connectivity index (χ1) is 11.4. The fourth-order valence-corrected chi connectivity index (χ4v) is 1.47. The Labute approximate surface area is 144 Å². The van der Waals surface area contributed by atoms with Gasteiger partial charge in [-0.1, -0.05) is 0 Å². The van der Waals surface area contributed by atoms with Crippen LogP contribution in [0, 0.1) is 0 Å². The van der Waals surface area contributed by atoms with Gasteiger partial charge >= 0.3 is 18.2 Å². The third-order valence-corrected chi connectivity index (χ3v) is 2.40. The van der Waals surface area contributed by atoms with E-state index in [-0.39, 0.29) is 0 Å². The highest BCUT2D eigenvalue weighted by atomic mass is 16.6. The fourth-order valence-electron chi connectivity index (χ4n) is 1.47. The normalized spacial score (nSPS) is 10.4. The third kappa shape index (κ3) is 11.3. The second-order valence-electron chi connectivity index (χ2n) is 5.89. The van der Waals surface area contributed by atoms with Crippen LogP contribution >= 0.6 is 0 Å². The van der Waals surface area contributed by atoms with Crippen LogP contribution in [0.5, 0.6) is 0 Å². The van der Waals surface area contributed by atoms with Gasteiger partial charge in [-0.3, -0.25) is 19.3 Å². The first-order valence-corrected chi connectivity index (χ1v) is 7.24. The van der Waals surface area contributed by atoms with Gasteiger partial charge in [-0.25, -0.2) is 9.59 Å². The molecule has 0 aromatic carbocycles. The summed E-state index contributed by atoms with van der Waals surface area (Å²) in [6, 6.07) is 0. The second kappa shape index (κ2) is 10.1. The molecule has 0 aliphatic carbocycles. The number of nitrogens with one attached hydrogen (secondary N) is 2. The molecule has 0 atom stereocenters. The molecule has 3 N–H and O–H groups in total. The van der Waals surface area contributed by atoms with Crippen LogP contribution in [-0.2, 0) is 23.9 Å². The van der Waals surface area contributed by atoms with Crippen molar-refractivity contribution in [3.05, 3.63) is 0 Å². The number of ether oxygens (including phenoxy) is 2. The van der Waals surface area contributed by atoms with Crippen molar-refractivity contribution < 1.29 is 38.6 Å². The van der Waals surface area contributed by atoms with E-state index in [2.05, 4.69) is 15.4 Å². The molecule has 142 valence electrons. The molecule has 0 heterocycles. The Morgan fingerprint density at radius 3 is 2.08 bits per heavy atom. The maximum absolute atomic E-state index is 11.7. The van der Waals surface area contributed by atoms with E-state index in [1.165, 1.54) is 0 Å². The van der Waals surface area contributed by atoms with Crippen LogP contribution in [0.1, 0.15) is 20.8 Å². The molecule has 3 amide bonds. The molecule has 0 aromatic rings. The largest absolute Gasteiger partial charge is 0.480 e. The van der Waals surface area contributed by atoms with E-state index in [9.17, 15) is 24.0 Å². The van der Waals surface area contributed by atoms with Gasteiger partial charge in [0.15, 0.2) is 5.78 Å². The summed E-state index contributed by atoms with van der Waals surface area (Å²) in [6.07, 6.45) is -1.76. The summed E-state index contributed by atoms with van der Waals surface area (Å²) in [6.45, 7) is 2.88. The lowest BCUT2D eigenvalue weighted by Crippen LogP contribution is -2.44. The van der Waals surface area contributed by atoms with Crippen molar-refractivity contribution in [3.8, 4) is 0 Å². The van der Waals surface area contributed by atoms with Crippen LogP contribution in [0.25, 0.3) is 0 Å². The van der Waals surface area contributed by atoms with E-state index in [4.69, 9.17) is 9.84 Å². The SMILES string of the molecule is COC(=O)N(CC(=O)O)CC(=O)CNC(=O)CNC(=O)OC(C)(C)C. The molecule has 0 rings (SSSR count). The first-order valence-electron chi connectivity index (χ1n) is 7.24. The molecule has 0 unspecified atom stereocenters. The van der Waals surface area contributed by atoms with Crippen LogP contribution < -0.4 is 10.6 Å². The number of carboxylic acid groups (broad SMARTS) is 1. The van der Waals surface area contributed by atoms with E-state index >= 15 is 0 Å². The molecule has 0 bridgehead atoms. The Morgan fingerprint density at radius 2 is 1.60 bits per heavy atom. The fraction of sp³-hybridized carbons (Fsp3) is 0.643. The molecule has 25 heavy (non-hydrogen) atoms. The van der Waals surface area contributed by atoms with Gasteiger partial charge < -0.3 is 25.2 Å². The van der Waals surface area contributed by atoms with E-state index in [0.29, 0.717) is 4.90 Å². The van der Waals surface area contributed by atoms with E-state index in [1.54, 1.807) is 20.8 Å². The molecule has 0 aliphatic heterocycles. The summed E-state index contributed by atoms with van der Waals surface area (Å²) in [7, 11) is 1.05. The number of Topliss-reactive ketones (excluding diaryl/α,β-unsaturated/α-hetero) is 1. The van der Waals surface area contributed by atoms with E-state index in [0.717, 1.165) is 7.11 Å². The molecule has 0 saturated heterocycles. The van der Waals surface area contributed by atoms with E-state index < -0.39 is 61.6 Å². The summed E-state index contributed by atoms with van der Waals surface area (Å²) in [5.74, 6) is -2.58. The second-order valence-corrected chi connectivity index (χ2v) is 5.89.